The first-order valence-electron chi connectivity index (χ1n) is 10.6. The molecule has 0 saturated heterocycles. The summed E-state index contributed by atoms with van der Waals surface area (Å²) < 4.78 is 73.6. The maximum atomic E-state index is 13.7. The quantitative estimate of drug-likeness (QED) is 0.337. The molecule has 1 atom stereocenters. The average Bonchev–Trinajstić information content (AvgIpc) is 3.20. The molecular weight excluding hydrogens is 496 g/mol. The Morgan fingerprint density at radius 1 is 1.06 bits per heavy atom. The van der Waals surface area contributed by atoms with Crippen LogP contribution in [-0.2, 0) is 26.6 Å². The second-order valence-electron chi connectivity index (χ2n) is 8.15. The van der Waals surface area contributed by atoms with Gasteiger partial charge in [0.15, 0.2) is 6.61 Å². The zero-order valence-corrected chi connectivity index (χ0v) is 20.9. The van der Waals surface area contributed by atoms with Crippen LogP contribution in [0.15, 0.2) is 70.8 Å². The summed E-state index contributed by atoms with van der Waals surface area (Å²) in [6.07, 6.45) is 1.37. The van der Waals surface area contributed by atoms with Gasteiger partial charge in [0.25, 0.3) is 15.9 Å². The fourth-order valence-corrected chi connectivity index (χ4v) is 6.83. The number of pyridine rings is 1. The number of benzene rings is 2. The van der Waals surface area contributed by atoms with E-state index in [2.05, 4.69) is 9.97 Å². The second-order valence-corrected chi connectivity index (χ2v) is 11.2. The highest BCUT2D eigenvalue weighted by molar-refractivity contribution is 7.91. The Morgan fingerprint density at radius 3 is 2.46 bits per heavy atom. The first-order chi connectivity index (χ1) is 16.5. The Balaban J connectivity index is 1.77. The highest BCUT2D eigenvalue weighted by Gasteiger charge is 2.29. The Labute approximate surface area is 204 Å². The standard InChI is InChI=1S/C24H23F2N3O4S2/c1-16-8-4-7-11-22(16)35(31,32)29-20-10-6-5-9-18(20)28-23(29)34(30)14-19-17(2)21(12-13-27-19)33-15-24(3,25)26/h4-13H,14-15H2,1-3H3. The molecule has 4 rings (SSSR count). The number of imidazole rings is 1. The molecule has 35 heavy (non-hydrogen) atoms. The smallest absolute Gasteiger partial charge is 0.278 e. The number of fused-ring (bicyclic) bond motifs is 1. The van der Waals surface area contributed by atoms with E-state index in [9.17, 15) is 21.4 Å². The summed E-state index contributed by atoms with van der Waals surface area (Å²) >= 11 is 0. The van der Waals surface area contributed by atoms with Crippen LogP contribution in [0.1, 0.15) is 23.7 Å². The number of halogens is 2. The molecule has 2 aromatic carbocycles. The molecule has 0 fully saturated rings. The normalized spacial score (nSPS) is 13.2. The van der Waals surface area contributed by atoms with Gasteiger partial charge in [0.2, 0.25) is 5.16 Å². The van der Waals surface area contributed by atoms with Crippen molar-refractivity contribution in [3.63, 3.8) is 0 Å². The van der Waals surface area contributed by atoms with E-state index >= 15 is 0 Å². The predicted molar refractivity (Wildman–Crippen MR) is 129 cm³/mol. The number of ether oxygens (including phenoxy) is 1. The highest BCUT2D eigenvalue weighted by Crippen LogP contribution is 2.29. The van der Waals surface area contributed by atoms with Crippen molar-refractivity contribution in [3.05, 3.63) is 77.6 Å². The van der Waals surface area contributed by atoms with E-state index in [-0.39, 0.29) is 21.6 Å². The van der Waals surface area contributed by atoms with Crippen LogP contribution in [-0.4, -0.2) is 39.1 Å². The van der Waals surface area contributed by atoms with Gasteiger partial charge in [-0.2, -0.15) is 0 Å². The first-order valence-corrected chi connectivity index (χ1v) is 13.4. The molecule has 0 amide bonds. The van der Waals surface area contributed by atoms with E-state index in [1.165, 1.54) is 18.3 Å². The number of hydrogen-bond donors (Lipinski definition) is 0. The molecule has 0 aliphatic carbocycles. The molecule has 0 aliphatic rings. The average molecular weight is 520 g/mol. The fraction of sp³-hybridized carbons (Fsp3) is 0.250. The molecule has 0 radical (unpaired) electrons. The van der Waals surface area contributed by atoms with Gasteiger partial charge in [-0.1, -0.05) is 30.3 Å². The van der Waals surface area contributed by atoms with Gasteiger partial charge in [-0.15, -0.1) is 0 Å². The summed E-state index contributed by atoms with van der Waals surface area (Å²) in [5.41, 5.74) is 1.98. The molecule has 0 spiro atoms. The van der Waals surface area contributed by atoms with Gasteiger partial charge in [-0.3, -0.25) is 9.19 Å². The molecule has 0 aliphatic heterocycles. The summed E-state index contributed by atoms with van der Waals surface area (Å²) in [5, 5.41) is -0.151. The lowest BCUT2D eigenvalue weighted by Gasteiger charge is -2.15. The van der Waals surface area contributed by atoms with E-state index in [4.69, 9.17) is 4.74 Å². The summed E-state index contributed by atoms with van der Waals surface area (Å²) in [6, 6.07) is 14.6. The van der Waals surface area contributed by atoms with Crippen LogP contribution >= 0.6 is 0 Å². The Hall–Kier alpha value is -3.18. The van der Waals surface area contributed by atoms with Crippen LogP contribution in [0.2, 0.25) is 0 Å². The van der Waals surface area contributed by atoms with Crippen LogP contribution in [0.4, 0.5) is 8.78 Å². The minimum Gasteiger partial charge on any atom is -0.487 e. The van der Waals surface area contributed by atoms with Crippen LogP contribution in [0.5, 0.6) is 5.75 Å². The van der Waals surface area contributed by atoms with Gasteiger partial charge in [0.05, 0.1) is 38.2 Å². The van der Waals surface area contributed by atoms with E-state index in [1.807, 2.05) is 0 Å². The van der Waals surface area contributed by atoms with E-state index in [0.717, 1.165) is 10.9 Å². The molecule has 184 valence electrons. The largest absolute Gasteiger partial charge is 0.487 e. The topological polar surface area (TPSA) is 91.2 Å². The van der Waals surface area contributed by atoms with Gasteiger partial charge >= 0.3 is 0 Å². The molecule has 7 nitrogen and oxygen atoms in total. The third-order valence-corrected chi connectivity index (χ3v) is 8.51. The van der Waals surface area contributed by atoms with E-state index < -0.39 is 33.4 Å². The number of aromatic nitrogens is 3. The molecule has 11 heteroatoms. The lowest BCUT2D eigenvalue weighted by Crippen LogP contribution is -2.21. The SMILES string of the molecule is Cc1ccccc1S(=O)(=O)n1c(S(=O)Cc2nccc(OCC(C)(F)F)c2C)nc2ccccc21. The Kier molecular flexibility index (Phi) is 6.74. The lowest BCUT2D eigenvalue weighted by atomic mass is 10.2. The predicted octanol–water partition coefficient (Wildman–Crippen LogP) is 4.63. The molecule has 0 bridgehead atoms. The second kappa shape index (κ2) is 9.46. The zero-order valence-electron chi connectivity index (χ0n) is 19.2. The Morgan fingerprint density at radius 2 is 1.74 bits per heavy atom. The van der Waals surface area contributed by atoms with E-state index in [1.54, 1.807) is 56.3 Å². The van der Waals surface area contributed by atoms with Gasteiger partial charge in [-0.25, -0.2) is 26.2 Å². The first kappa shape index (κ1) is 24.9. The van der Waals surface area contributed by atoms with Crippen molar-refractivity contribution in [1.82, 2.24) is 13.9 Å². The monoisotopic (exact) mass is 519 g/mol. The van der Waals surface area contributed by atoms with Crippen molar-refractivity contribution in [1.29, 1.82) is 0 Å². The van der Waals surface area contributed by atoms with Crippen molar-refractivity contribution in [2.45, 2.75) is 42.5 Å². The summed E-state index contributed by atoms with van der Waals surface area (Å²) in [6.45, 7) is 3.24. The molecular formula is C24H23F2N3O4S2. The summed E-state index contributed by atoms with van der Waals surface area (Å²) in [5.74, 6) is -3.01. The van der Waals surface area contributed by atoms with Crippen LogP contribution in [0.3, 0.4) is 0 Å². The molecule has 2 heterocycles. The number of hydrogen-bond acceptors (Lipinski definition) is 6. The maximum absolute atomic E-state index is 13.7. The van der Waals surface area contributed by atoms with Gasteiger partial charge in [0.1, 0.15) is 5.75 Å². The van der Waals surface area contributed by atoms with E-state index in [0.29, 0.717) is 27.9 Å². The molecule has 4 aromatic rings. The van der Waals surface area contributed by atoms with Crippen LogP contribution < -0.4 is 4.74 Å². The molecule has 0 N–H and O–H groups in total. The maximum Gasteiger partial charge on any atom is 0.278 e. The molecule has 0 saturated carbocycles. The van der Waals surface area contributed by atoms with Gasteiger partial charge in [-0.05, 0) is 43.7 Å². The van der Waals surface area contributed by atoms with Gasteiger partial charge in [0, 0.05) is 18.7 Å². The minimum absolute atomic E-state index is 0.0756. The van der Waals surface area contributed by atoms with Crippen molar-refractivity contribution < 1.29 is 26.1 Å². The lowest BCUT2D eigenvalue weighted by molar-refractivity contribution is -0.0231. The molecule has 2 aromatic heterocycles. The van der Waals surface area contributed by atoms with Crippen molar-refractivity contribution in [2.24, 2.45) is 0 Å². The zero-order chi connectivity index (χ0) is 25.4. The number of aryl methyl sites for hydroxylation is 1. The minimum atomic E-state index is -4.13. The summed E-state index contributed by atoms with van der Waals surface area (Å²) in [4.78, 5) is 8.67. The van der Waals surface area contributed by atoms with Crippen molar-refractivity contribution in [3.8, 4) is 5.75 Å². The third kappa shape index (κ3) is 5.10. The van der Waals surface area contributed by atoms with Crippen molar-refractivity contribution >= 4 is 31.9 Å². The summed E-state index contributed by atoms with van der Waals surface area (Å²) in [7, 11) is -6.07. The van der Waals surface area contributed by atoms with Crippen LogP contribution in [0, 0.1) is 13.8 Å². The van der Waals surface area contributed by atoms with Crippen LogP contribution in [0.25, 0.3) is 11.0 Å². The molecule has 1 unspecified atom stereocenters. The number of alkyl halides is 2. The fourth-order valence-electron chi connectivity index (χ4n) is 3.56. The van der Waals surface area contributed by atoms with Crippen molar-refractivity contribution in [2.75, 3.05) is 6.61 Å². The number of rotatable bonds is 8. The number of para-hydroxylation sites is 2. The third-order valence-electron chi connectivity index (χ3n) is 5.31. The number of nitrogens with zero attached hydrogens (tertiary/aromatic N) is 3. The van der Waals surface area contributed by atoms with Gasteiger partial charge < -0.3 is 4.74 Å². The Bertz CT molecular complexity index is 1530. The highest BCUT2D eigenvalue weighted by atomic mass is 32.2.